The molecule has 130 valence electrons. The van der Waals surface area contributed by atoms with Crippen LogP contribution in [-0.4, -0.2) is 20.4 Å². The van der Waals surface area contributed by atoms with Crippen molar-refractivity contribution in [1.82, 2.24) is 4.72 Å². The Hall–Kier alpha value is -1.41. The third-order valence-electron chi connectivity index (χ3n) is 3.44. The molecule has 0 saturated heterocycles. The Morgan fingerprint density at radius 3 is 2.50 bits per heavy atom. The molecule has 1 aromatic heterocycles. The van der Waals surface area contributed by atoms with Crippen molar-refractivity contribution >= 4 is 44.6 Å². The maximum Gasteiger partial charge on any atom is 0.250 e. The van der Waals surface area contributed by atoms with Crippen LogP contribution >= 0.6 is 22.9 Å². The van der Waals surface area contributed by atoms with Crippen LogP contribution in [0.15, 0.2) is 39.9 Å². The highest BCUT2D eigenvalue weighted by Gasteiger charge is 2.29. The zero-order valence-electron chi connectivity index (χ0n) is 13.5. The zero-order chi connectivity index (χ0) is 17.9. The average Bonchev–Trinajstić information content (AvgIpc) is 3.02. The number of hydrogen-bond donors (Lipinski definition) is 2. The van der Waals surface area contributed by atoms with Gasteiger partial charge in [0.1, 0.15) is 10.3 Å². The summed E-state index contributed by atoms with van der Waals surface area (Å²) in [6, 6.07) is 7.38. The van der Waals surface area contributed by atoms with Gasteiger partial charge < -0.3 is 5.32 Å². The number of carbonyl (C=O) groups is 1. The largest absolute Gasteiger partial charge is 0.324 e. The first-order chi connectivity index (χ1) is 11.2. The summed E-state index contributed by atoms with van der Waals surface area (Å²) >= 11 is 7.01. The summed E-state index contributed by atoms with van der Waals surface area (Å²) in [6.45, 7) is 5.40. The van der Waals surface area contributed by atoms with Crippen molar-refractivity contribution in [2.75, 3.05) is 5.32 Å². The van der Waals surface area contributed by atoms with E-state index in [-0.39, 0.29) is 10.1 Å². The molecule has 0 bridgehead atoms. The normalized spacial score (nSPS) is 13.0. The van der Waals surface area contributed by atoms with Crippen LogP contribution in [0.1, 0.15) is 19.4 Å². The number of aryl methyl sites for hydroxylation is 1. The maximum atomic E-state index is 12.6. The van der Waals surface area contributed by atoms with Gasteiger partial charge in [0.05, 0.1) is 0 Å². The number of carbonyl (C=O) groups excluding carboxylic acids is 1. The Morgan fingerprint density at radius 2 is 1.96 bits per heavy atom. The molecular formula is C16H19ClN2O3S2. The lowest BCUT2D eigenvalue weighted by Gasteiger charge is -2.21. The molecule has 2 N–H and O–H groups in total. The van der Waals surface area contributed by atoms with E-state index in [0.29, 0.717) is 10.7 Å². The van der Waals surface area contributed by atoms with Crippen molar-refractivity contribution in [2.24, 2.45) is 5.92 Å². The summed E-state index contributed by atoms with van der Waals surface area (Å²) in [4.78, 5) is 12.6. The minimum Gasteiger partial charge on any atom is -0.324 e. The van der Waals surface area contributed by atoms with Gasteiger partial charge in [-0.1, -0.05) is 31.5 Å². The smallest absolute Gasteiger partial charge is 0.250 e. The van der Waals surface area contributed by atoms with Crippen LogP contribution in [0.2, 0.25) is 5.02 Å². The lowest BCUT2D eigenvalue weighted by Crippen LogP contribution is -2.46. The molecule has 5 nitrogen and oxygen atoms in total. The van der Waals surface area contributed by atoms with Gasteiger partial charge >= 0.3 is 0 Å². The maximum absolute atomic E-state index is 12.6. The lowest BCUT2D eigenvalue weighted by molar-refractivity contribution is -0.118. The first-order valence-corrected chi connectivity index (χ1v) is 10.1. The van der Waals surface area contributed by atoms with Gasteiger partial charge in [-0.25, -0.2) is 8.42 Å². The van der Waals surface area contributed by atoms with Gasteiger partial charge in [-0.2, -0.15) is 4.72 Å². The van der Waals surface area contributed by atoms with E-state index in [9.17, 15) is 13.2 Å². The summed E-state index contributed by atoms with van der Waals surface area (Å²) in [5, 5.41) is 5.02. The minimum absolute atomic E-state index is 0.184. The highest BCUT2D eigenvalue weighted by Crippen LogP contribution is 2.21. The molecule has 8 heteroatoms. The molecule has 1 amide bonds. The Balaban J connectivity index is 2.19. The molecule has 2 rings (SSSR count). The molecule has 0 unspecified atom stereocenters. The van der Waals surface area contributed by atoms with E-state index >= 15 is 0 Å². The summed E-state index contributed by atoms with van der Waals surface area (Å²) < 4.78 is 27.4. The standard InChI is InChI=1S/C16H19ClN2O3S2/c1-10(2)15(19-24(21,22)14-5-4-8-23-14)16(20)18-13-7-6-12(17)9-11(13)3/h4-10,15,19H,1-3H3,(H,18,20)/t15-/m0/s1. The Bertz CT molecular complexity index is 818. The van der Waals surface area contributed by atoms with Crippen molar-refractivity contribution in [2.45, 2.75) is 31.0 Å². The molecule has 0 aliphatic rings. The van der Waals surface area contributed by atoms with Gasteiger partial charge in [-0.3, -0.25) is 4.79 Å². The minimum atomic E-state index is -3.73. The van der Waals surface area contributed by atoms with E-state index in [2.05, 4.69) is 10.0 Å². The quantitative estimate of drug-likeness (QED) is 0.795. The summed E-state index contributed by atoms with van der Waals surface area (Å²) in [7, 11) is -3.73. The lowest BCUT2D eigenvalue weighted by atomic mass is 10.0. The van der Waals surface area contributed by atoms with Crippen LogP contribution in [0.5, 0.6) is 0 Å². The first-order valence-electron chi connectivity index (χ1n) is 7.33. The van der Waals surface area contributed by atoms with Crippen molar-refractivity contribution < 1.29 is 13.2 Å². The average molecular weight is 387 g/mol. The topological polar surface area (TPSA) is 75.3 Å². The Labute approximate surface area is 151 Å². The molecule has 0 aliphatic carbocycles. The third-order valence-corrected chi connectivity index (χ3v) is 6.51. The summed E-state index contributed by atoms with van der Waals surface area (Å²) in [6.07, 6.45) is 0. The second-order valence-electron chi connectivity index (χ2n) is 5.72. The van der Waals surface area contributed by atoms with Crippen LogP contribution < -0.4 is 10.0 Å². The van der Waals surface area contributed by atoms with E-state index in [1.807, 2.05) is 6.92 Å². The molecule has 0 saturated carbocycles. The Morgan fingerprint density at radius 1 is 1.25 bits per heavy atom. The molecule has 1 aromatic carbocycles. The second kappa shape index (κ2) is 7.65. The SMILES string of the molecule is Cc1cc(Cl)ccc1NC(=O)[C@@H](NS(=O)(=O)c1cccs1)C(C)C. The number of halogens is 1. The van der Waals surface area contributed by atoms with Gasteiger partial charge in [0.2, 0.25) is 5.91 Å². The highest BCUT2D eigenvalue weighted by atomic mass is 35.5. The number of hydrogen-bond acceptors (Lipinski definition) is 4. The van der Waals surface area contributed by atoms with Gasteiger partial charge in [-0.15, -0.1) is 11.3 Å². The monoisotopic (exact) mass is 386 g/mol. The van der Waals surface area contributed by atoms with E-state index in [0.717, 1.165) is 16.9 Å². The molecule has 1 heterocycles. The van der Waals surface area contributed by atoms with Gasteiger partial charge in [0.15, 0.2) is 0 Å². The molecule has 0 fully saturated rings. The number of thiophene rings is 1. The number of sulfonamides is 1. The van der Waals surface area contributed by atoms with Gasteiger partial charge in [-0.05, 0) is 48.1 Å². The van der Waals surface area contributed by atoms with Crippen LogP contribution in [0.3, 0.4) is 0 Å². The summed E-state index contributed by atoms with van der Waals surface area (Å²) in [5.74, 6) is -0.622. The predicted octanol–water partition coefficient (Wildman–Crippen LogP) is 3.65. The van der Waals surface area contributed by atoms with E-state index in [1.54, 1.807) is 43.5 Å². The first kappa shape index (κ1) is 18.9. The van der Waals surface area contributed by atoms with Gasteiger partial charge in [0, 0.05) is 10.7 Å². The molecule has 0 spiro atoms. The molecule has 2 aromatic rings. The van der Waals surface area contributed by atoms with E-state index < -0.39 is 22.0 Å². The van der Waals surface area contributed by atoms with E-state index in [1.165, 1.54) is 6.07 Å². The van der Waals surface area contributed by atoms with Crippen molar-refractivity contribution in [3.63, 3.8) is 0 Å². The van der Waals surface area contributed by atoms with Crippen molar-refractivity contribution in [1.29, 1.82) is 0 Å². The second-order valence-corrected chi connectivity index (χ2v) is 9.05. The molecule has 1 atom stereocenters. The van der Waals surface area contributed by atoms with Crippen LogP contribution in [0.25, 0.3) is 0 Å². The fourth-order valence-electron chi connectivity index (χ4n) is 2.11. The molecule has 24 heavy (non-hydrogen) atoms. The zero-order valence-corrected chi connectivity index (χ0v) is 15.9. The van der Waals surface area contributed by atoms with Crippen molar-refractivity contribution in [3.8, 4) is 0 Å². The fourth-order valence-corrected chi connectivity index (χ4v) is 4.69. The van der Waals surface area contributed by atoms with Crippen LogP contribution in [0, 0.1) is 12.8 Å². The number of nitrogens with one attached hydrogen (secondary N) is 2. The highest BCUT2D eigenvalue weighted by molar-refractivity contribution is 7.91. The fraction of sp³-hybridized carbons (Fsp3) is 0.312. The molecule has 0 aliphatic heterocycles. The summed E-state index contributed by atoms with van der Waals surface area (Å²) in [5.41, 5.74) is 1.41. The number of anilines is 1. The Kier molecular flexibility index (Phi) is 6.03. The number of benzene rings is 1. The number of amides is 1. The van der Waals surface area contributed by atoms with E-state index in [4.69, 9.17) is 11.6 Å². The van der Waals surface area contributed by atoms with Gasteiger partial charge in [0.25, 0.3) is 10.0 Å². The van der Waals surface area contributed by atoms with Crippen molar-refractivity contribution in [3.05, 3.63) is 46.3 Å². The van der Waals surface area contributed by atoms with Crippen LogP contribution in [0.4, 0.5) is 5.69 Å². The molecular weight excluding hydrogens is 368 g/mol. The predicted molar refractivity (Wildman–Crippen MR) is 98.1 cm³/mol. The number of rotatable bonds is 6. The van der Waals surface area contributed by atoms with Crippen LogP contribution in [-0.2, 0) is 14.8 Å². The third kappa shape index (κ3) is 4.57. The molecule has 0 radical (unpaired) electrons.